The molecule has 2 aromatic rings. The lowest BCUT2D eigenvalue weighted by Gasteiger charge is -2.22. The Kier molecular flexibility index (Phi) is 5.91. The van der Waals surface area contributed by atoms with Crippen molar-refractivity contribution in [3.05, 3.63) is 55.6 Å². The first-order chi connectivity index (χ1) is 11.0. The van der Waals surface area contributed by atoms with Crippen LogP contribution in [-0.4, -0.2) is 0 Å². The zero-order valence-corrected chi connectivity index (χ0v) is 19.0. The van der Waals surface area contributed by atoms with Crippen molar-refractivity contribution in [2.75, 3.05) is 10.9 Å². The maximum Gasteiger partial charge on any atom is 0.0682 e. The van der Waals surface area contributed by atoms with Gasteiger partial charge in [-0.15, -0.1) is 0 Å². The number of nitrogens with one attached hydrogen (secondary N) is 2. The van der Waals surface area contributed by atoms with Gasteiger partial charge < -0.3 is 0 Å². The Morgan fingerprint density at radius 2 is 1.21 bits per heavy atom. The summed E-state index contributed by atoms with van der Waals surface area (Å²) in [7, 11) is 0. The van der Waals surface area contributed by atoms with Crippen LogP contribution < -0.4 is 10.9 Å². The van der Waals surface area contributed by atoms with E-state index in [0.29, 0.717) is 0 Å². The van der Waals surface area contributed by atoms with E-state index in [4.69, 9.17) is 0 Å². The second kappa shape index (κ2) is 7.24. The quantitative estimate of drug-likeness (QED) is 0.347. The van der Waals surface area contributed by atoms with Crippen LogP contribution >= 0.6 is 38.5 Å². The molecule has 24 heavy (non-hydrogen) atoms. The molecule has 0 atom stereocenters. The summed E-state index contributed by atoms with van der Waals surface area (Å²) in [6.07, 6.45) is 0. The molecule has 2 aromatic carbocycles. The highest BCUT2D eigenvalue weighted by Gasteiger charge is 2.16. The summed E-state index contributed by atoms with van der Waals surface area (Å²) in [5, 5.41) is 0. The molecule has 0 saturated heterocycles. The molecule has 0 radical (unpaired) electrons. The molecule has 0 aliphatic rings. The number of hydrogen-bond acceptors (Lipinski definition) is 2. The van der Waals surface area contributed by atoms with Crippen LogP contribution in [0.4, 0.5) is 11.4 Å². The highest BCUT2D eigenvalue weighted by Crippen LogP contribution is 2.31. The van der Waals surface area contributed by atoms with E-state index in [9.17, 15) is 0 Å². The molecule has 130 valence electrons. The molecule has 0 bridgehead atoms. The third-order valence-electron chi connectivity index (χ3n) is 4.00. The SMILES string of the molecule is CC(C)(C)c1ccc(NNc2ccc(C(C)(C)C)cc2I)c(Br)c1. The molecule has 0 unspecified atom stereocenters. The van der Waals surface area contributed by atoms with Gasteiger partial charge in [0, 0.05) is 8.04 Å². The Morgan fingerprint density at radius 3 is 1.67 bits per heavy atom. The van der Waals surface area contributed by atoms with E-state index in [1.165, 1.54) is 14.7 Å². The topological polar surface area (TPSA) is 24.1 Å². The van der Waals surface area contributed by atoms with Crippen LogP contribution in [0, 0.1) is 3.57 Å². The van der Waals surface area contributed by atoms with Crippen molar-refractivity contribution in [3.8, 4) is 0 Å². The summed E-state index contributed by atoms with van der Waals surface area (Å²) in [6.45, 7) is 13.4. The minimum atomic E-state index is 0.145. The van der Waals surface area contributed by atoms with Gasteiger partial charge in [0.25, 0.3) is 0 Å². The lowest BCUT2D eigenvalue weighted by Crippen LogP contribution is -2.14. The van der Waals surface area contributed by atoms with E-state index < -0.39 is 0 Å². The fourth-order valence-electron chi connectivity index (χ4n) is 2.30. The minimum absolute atomic E-state index is 0.145. The van der Waals surface area contributed by atoms with Crippen LogP contribution in [-0.2, 0) is 10.8 Å². The van der Waals surface area contributed by atoms with Crippen LogP contribution in [0.25, 0.3) is 0 Å². The minimum Gasteiger partial charge on any atom is -0.300 e. The van der Waals surface area contributed by atoms with Crippen LogP contribution in [0.1, 0.15) is 52.7 Å². The maximum atomic E-state index is 3.67. The Morgan fingerprint density at radius 1 is 0.750 bits per heavy atom. The summed E-state index contributed by atoms with van der Waals surface area (Å²) < 4.78 is 2.26. The van der Waals surface area contributed by atoms with E-state index in [0.717, 1.165) is 15.8 Å². The van der Waals surface area contributed by atoms with Gasteiger partial charge in [-0.25, -0.2) is 0 Å². The van der Waals surface area contributed by atoms with Crippen molar-refractivity contribution in [2.24, 2.45) is 0 Å². The number of anilines is 2. The zero-order chi connectivity index (χ0) is 18.1. The van der Waals surface area contributed by atoms with E-state index in [-0.39, 0.29) is 10.8 Å². The number of hydrogen-bond donors (Lipinski definition) is 2. The summed E-state index contributed by atoms with van der Waals surface area (Å²) in [5.74, 6) is 0. The Labute approximate surface area is 168 Å². The third kappa shape index (κ3) is 4.88. The van der Waals surface area contributed by atoms with E-state index >= 15 is 0 Å². The van der Waals surface area contributed by atoms with Crippen LogP contribution in [0.2, 0.25) is 0 Å². The molecule has 4 heteroatoms. The largest absolute Gasteiger partial charge is 0.300 e. The molecule has 2 N–H and O–H groups in total. The molecule has 0 saturated carbocycles. The second-order valence-corrected chi connectivity index (χ2v) is 10.2. The fourth-order valence-corrected chi connectivity index (χ4v) is 3.43. The first kappa shape index (κ1) is 19.6. The molecule has 0 heterocycles. The van der Waals surface area contributed by atoms with Gasteiger partial charge >= 0.3 is 0 Å². The molecule has 2 nitrogen and oxygen atoms in total. The normalized spacial score (nSPS) is 12.2. The van der Waals surface area contributed by atoms with Gasteiger partial charge in [0.1, 0.15) is 0 Å². The smallest absolute Gasteiger partial charge is 0.0682 e. The molecule has 0 aliphatic heterocycles. The predicted octanol–water partition coefficient (Wildman–Crippen LogP) is 7.09. The molecular weight excluding hydrogens is 475 g/mol. The van der Waals surface area contributed by atoms with Crippen molar-refractivity contribution in [2.45, 2.75) is 52.4 Å². The Hall–Kier alpha value is -0.750. The van der Waals surface area contributed by atoms with Crippen molar-refractivity contribution < 1.29 is 0 Å². The monoisotopic (exact) mass is 500 g/mol. The average molecular weight is 501 g/mol. The van der Waals surface area contributed by atoms with Crippen molar-refractivity contribution in [1.82, 2.24) is 0 Å². The first-order valence-corrected chi connectivity index (χ1v) is 9.98. The lowest BCUT2D eigenvalue weighted by atomic mass is 9.87. The highest BCUT2D eigenvalue weighted by atomic mass is 127. The third-order valence-corrected chi connectivity index (χ3v) is 5.55. The summed E-state index contributed by atoms with van der Waals surface area (Å²) in [5.41, 5.74) is 11.7. The Balaban J connectivity index is 2.14. The number of benzene rings is 2. The van der Waals surface area contributed by atoms with Crippen molar-refractivity contribution in [1.29, 1.82) is 0 Å². The van der Waals surface area contributed by atoms with E-state index in [1.54, 1.807) is 0 Å². The predicted molar refractivity (Wildman–Crippen MR) is 118 cm³/mol. The lowest BCUT2D eigenvalue weighted by molar-refractivity contribution is 0.589. The molecule has 0 amide bonds. The number of halogens is 2. The Bertz CT molecular complexity index is 664. The zero-order valence-electron chi connectivity index (χ0n) is 15.2. The number of hydrazine groups is 1. The highest BCUT2D eigenvalue weighted by molar-refractivity contribution is 14.1. The van der Waals surface area contributed by atoms with Crippen LogP contribution in [0.5, 0.6) is 0 Å². The first-order valence-electron chi connectivity index (χ1n) is 8.10. The van der Waals surface area contributed by atoms with Gasteiger partial charge in [-0.05, 0) is 84.7 Å². The van der Waals surface area contributed by atoms with Gasteiger partial charge in [0.15, 0.2) is 0 Å². The standard InChI is InChI=1S/C20H26BrIN2/c1-19(2,3)13-7-9-17(15(21)11-13)23-24-18-10-8-14(12-16(18)22)20(4,5)6/h7-12,23-24H,1-6H3. The van der Waals surface area contributed by atoms with Crippen molar-refractivity contribution in [3.63, 3.8) is 0 Å². The van der Waals surface area contributed by atoms with Gasteiger partial charge in [0.05, 0.1) is 11.4 Å². The molecular formula is C20H26BrIN2. The van der Waals surface area contributed by atoms with Gasteiger partial charge in [-0.2, -0.15) is 0 Å². The number of rotatable bonds is 3. The van der Waals surface area contributed by atoms with Crippen LogP contribution in [0.3, 0.4) is 0 Å². The van der Waals surface area contributed by atoms with Gasteiger partial charge in [-0.1, -0.05) is 53.7 Å². The van der Waals surface area contributed by atoms with Gasteiger partial charge in [-0.3, -0.25) is 10.9 Å². The van der Waals surface area contributed by atoms with Crippen LogP contribution in [0.15, 0.2) is 40.9 Å². The van der Waals surface area contributed by atoms with Gasteiger partial charge in [0.2, 0.25) is 0 Å². The average Bonchev–Trinajstić information content (AvgIpc) is 2.45. The maximum absolute atomic E-state index is 3.67. The fraction of sp³-hybridized carbons (Fsp3) is 0.400. The summed E-state index contributed by atoms with van der Waals surface area (Å²) in [4.78, 5) is 0. The molecule has 0 aliphatic carbocycles. The molecule has 0 spiro atoms. The van der Waals surface area contributed by atoms with E-state index in [2.05, 4.69) is 127 Å². The summed E-state index contributed by atoms with van der Waals surface area (Å²) >= 11 is 6.04. The van der Waals surface area contributed by atoms with Crippen molar-refractivity contribution >= 4 is 49.9 Å². The molecule has 2 rings (SSSR count). The molecule has 0 fully saturated rings. The second-order valence-electron chi connectivity index (χ2n) is 8.14. The van der Waals surface area contributed by atoms with E-state index in [1.807, 2.05) is 0 Å². The summed E-state index contributed by atoms with van der Waals surface area (Å²) in [6, 6.07) is 13.0. The molecule has 0 aromatic heterocycles.